The van der Waals surface area contributed by atoms with Gasteiger partial charge >= 0.3 is 0 Å². The minimum Gasteiger partial charge on any atom is -0.312 e. The summed E-state index contributed by atoms with van der Waals surface area (Å²) < 4.78 is 0. The molecule has 1 aromatic heterocycles. The lowest BCUT2D eigenvalue weighted by Crippen LogP contribution is -2.08. The monoisotopic (exact) mass is 251 g/mol. The van der Waals surface area contributed by atoms with Crippen molar-refractivity contribution in [3.05, 3.63) is 40.1 Å². The highest BCUT2D eigenvalue weighted by Crippen LogP contribution is 2.31. The van der Waals surface area contributed by atoms with Crippen molar-refractivity contribution < 1.29 is 0 Å². The fraction of sp³-hybridized carbons (Fsp3) is 0.0909. The maximum Gasteiger partial charge on any atom is 0.121 e. The zero-order chi connectivity index (χ0) is 11.7. The van der Waals surface area contributed by atoms with Gasteiger partial charge in [0.15, 0.2) is 0 Å². The largest absolute Gasteiger partial charge is 0.312 e. The maximum absolute atomic E-state index is 8.82. The molecule has 2 N–H and O–H groups in total. The quantitative estimate of drug-likeness (QED) is 0.848. The summed E-state index contributed by atoms with van der Waals surface area (Å²) in [5.74, 6) is 0. The first-order chi connectivity index (χ1) is 7.63. The summed E-state index contributed by atoms with van der Waals surface area (Å²) in [5.41, 5.74) is 6.29. The predicted octanol–water partition coefficient (Wildman–Crippen LogP) is 3.06. The van der Waals surface area contributed by atoms with E-state index in [9.17, 15) is 0 Å². The van der Waals surface area contributed by atoms with E-state index in [4.69, 9.17) is 34.2 Å². The SMILES string of the molecule is N#CC(N)c1cncc2cc(Cl)cc(Cl)c12. The molecule has 0 radical (unpaired) electrons. The summed E-state index contributed by atoms with van der Waals surface area (Å²) in [7, 11) is 0. The van der Waals surface area contributed by atoms with Gasteiger partial charge in [-0.3, -0.25) is 4.98 Å². The van der Waals surface area contributed by atoms with Crippen LogP contribution in [0.5, 0.6) is 0 Å². The Morgan fingerprint density at radius 3 is 2.75 bits per heavy atom. The third kappa shape index (κ3) is 1.83. The Bertz CT molecular complexity index is 590. The van der Waals surface area contributed by atoms with Gasteiger partial charge in [0.05, 0.1) is 11.1 Å². The molecule has 80 valence electrons. The van der Waals surface area contributed by atoms with E-state index in [2.05, 4.69) is 4.98 Å². The Labute approximate surface area is 102 Å². The lowest BCUT2D eigenvalue weighted by Gasteiger charge is -2.09. The number of benzene rings is 1. The van der Waals surface area contributed by atoms with Crippen LogP contribution in [-0.4, -0.2) is 4.98 Å². The second-order valence-electron chi connectivity index (χ2n) is 3.32. The normalized spacial score (nSPS) is 12.4. The Hall–Kier alpha value is -1.34. The summed E-state index contributed by atoms with van der Waals surface area (Å²) in [6, 6.07) is 4.58. The fourth-order valence-electron chi connectivity index (χ4n) is 1.57. The fourth-order valence-corrected chi connectivity index (χ4v) is 2.19. The van der Waals surface area contributed by atoms with Gasteiger partial charge in [0.25, 0.3) is 0 Å². The summed E-state index contributed by atoms with van der Waals surface area (Å²) >= 11 is 12.0. The third-order valence-electron chi connectivity index (χ3n) is 2.28. The molecule has 0 aliphatic heterocycles. The Balaban J connectivity index is 2.83. The van der Waals surface area contributed by atoms with E-state index in [1.165, 1.54) is 0 Å². The number of pyridine rings is 1. The Kier molecular flexibility index (Phi) is 2.97. The van der Waals surface area contributed by atoms with Crippen LogP contribution in [0.4, 0.5) is 0 Å². The maximum atomic E-state index is 8.82. The zero-order valence-corrected chi connectivity index (χ0v) is 9.63. The first-order valence-corrected chi connectivity index (χ1v) is 5.27. The summed E-state index contributed by atoms with van der Waals surface area (Å²) in [5, 5.41) is 11.3. The number of nitriles is 1. The second-order valence-corrected chi connectivity index (χ2v) is 4.16. The number of nitrogens with zero attached hydrogens (tertiary/aromatic N) is 2. The molecule has 0 fully saturated rings. The molecular formula is C11H7Cl2N3. The minimum atomic E-state index is -0.741. The number of rotatable bonds is 1. The molecule has 2 aromatic rings. The van der Waals surface area contributed by atoms with Crippen molar-refractivity contribution in [3.8, 4) is 6.07 Å². The average Bonchev–Trinajstić information content (AvgIpc) is 2.26. The smallest absolute Gasteiger partial charge is 0.121 e. The summed E-state index contributed by atoms with van der Waals surface area (Å²) in [6.07, 6.45) is 3.19. The molecule has 0 aliphatic rings. The predicted molar refractivity (Wildman–Crippen MR) is 64.3 cm³/mol. The van der Waals surface area contributed by atoms with Gasteiger partial charge in [0, 0.05) is 33.8 Å². The van der Waals surface area contributed by atoms with E-state index in [0.29, 0.717) is 15.6 Å². The van der Waals surface area contributed by atoms with Crippen molar-refractivity contribution >= 4 is 34.0 Å². The first kappa shape index (κ1) is 11.2. The molecule has 3 nitrogen and oxygen atoms in total. The molecule has 1 heterocycles. The average molecular weight is 252 g/mol. The van der Waals surface area contributed by atoms with Gasteiger partial charge in [-0.15, -0.1) is 0 Å². The van der Waals surface area contributed by atoms with Crippen LogP contribution < -0.4 is 5.73 Å². The molecule has 2 rings (SSSR count). The molecule has 1 aromatic carbocycles. The van der Waals surface area contributed by atoms with Crippen molar-refractivity contribution in [2.24, 2.45) is 5.73 Å². The van der Waals surface area contributed by atoms with Crippen LogP contribution in [0.3, 0.4) is 0 Å². The molecule has 0 spiro atoms. The number of halogens is 2. The van der Waals surface area contributed by atoms with Gasteiger partial charge in [0.1, 0.15) is 6.04 Å². The van der Waals surface area contributed by atoms with Crippen molar-refractivity contribution in [1.29, 1.82) is 5.26 Å². The number of hydrogen-bond donors (Lipinski definition) is 1. The van der Waals surface area contributed by atoms with E-state index in [1.807, 2.05) is 6.07 Å². The van der Waals surface area contributed by atoms with Gasteiger partial charge in [-0.25, -0.2) is 0 Å². The van der Waals surface area contributed by atoms with Crippen LogP contribution in [-0.2, 0) is 0 Å². The molecule has 5 heteroatoms. The lowest BCUT2D eigenvalue weighted by molar-refractivity contribution is 0.927. The molecule has 0 saturated heterocycles. The molecule has 1 atom stereocenters. The first-order valence-electron chi connectivity index (χ1n) is 4.51. The second kappa shape index (κ2) is 4.26. The van der Waals surface area contributed by atoms with E-state index >= 15 is 0 Å². The zero-order valence-electron chi connectivity index (χ0n) is 8.11. The highest BCUT2D eigenvalue weighted by Gasteiger charge is 2.12. The highest BCUT2D eigenvalue weighted by molar-refractivity contribution is 6.38. The van der Waals surface area contributed by atoms with Gasteiger partial charge in [-0.05, 0) is 12.1 Å². The summed E-state index contributed by atoms with van der Waals surface area (Å²) in [4.78, 5) is 4.02. The highest BCUT2D eigenvalue weighted by atomic mass is 35.5. The molecule has 0 amide bonds. The lowest BCUT2D eigenvalue weighted by atomic mass is 10.0. The summed E-state index contributed by atoms with van der Waals surface area (Å²) in [6.45, 7) is 0. The molecular weight excluding hydrogens is 245 g/mol. The van der Waals surface area contributed by atoms with Crippen LogP contribution in [0.25, 0.3) is 10.8 Å². The van der Waals surface area contributed by atoms with Crippen molar-refractivity contribution in [1.82, 2.24) is 4.98 Å². The number of fused-ring (bicyclic) bond motifs is 1. The van der Waals surface area contributed by atoms with Gasteiger partial charge in [-0.2, -0.15) is 5.26 Å². The van der Waals surface area contributed by atoms with Crippen molar-refractivity contribution in [2.45, 2.75) is 6.04 Å². The van der Waals surface area contributed by atoms with Crippen LogP contribution in [0.1, 0.15) is 11.6 Å². The van der Waals surface area contributed by atoms with Crippen molar-refractivity contribution in [2.75, 3.05) is 0 Å². The molecule has 0 aliphatic carbocycles. The van der Waals surface area contributed by atoms with Crippen LogP contribution in [0.15, 0.2) is 24.5 Å². The van der Waals surface area contributed by atoms with Crippen molar-refractivity contribution in [3.63, 3.8) is 0 Å². The Morgan fingerprint density at radius 2 is 2.06 bits per heavy atom. The standard InChI is InChI=1S/C11H7Cl2N3/c12-7-1-6-4-16-5-8(10(15)3-14)11(6)9(13)2-7/h1-2,4-5,10H,15H2. The molecule has 0 bridgehead atoms. The van der Waals surface area contributed by atoms with Crippen LogP contribution >= 0.6 is 23.2 Å². The Morgan fingerprint density at radius 1 is 1.31 bits per heavy atom. The van der Waals surface area contributed by atoms with Gasteiger partial charge < -0.3 is 5.73 Å². The number of aromatic nitrogens is 1. The molecule has 1 unspecified atom stereocenters. The molecule has 0 saturated carbocycles. The number of nitrogens with two attached hydrogens (primary N) is 1. The van der Waals surface area contributed by atoms with E-state index in [1.54, 1.807) is 24.5 Å². The number of hydrogen-bond acceptors (Lipinski definition) is 3. The van der Waals surface area contributed by atoms with Gasteiger partial charge in [0.2, 0.25) is 0 Å². The minimum absolute atomic E-state index is 0.477. The van der Waals surface area contributed by atoms with E-state index in [-0.39, 0.29) is 0 Å². The topological polar surface area (TPSA) is 62.7 Å². The third-order valence-corrected chi connectivity index (χ3v) is 2.79. The van der Waals surface area contributed by atoms with Crippen LogP contribution in [0.2, 0.25) is 10.0 Å². The molecule has 16 heavy (non-hydrogen) atoms. The van der Waals surface area contributed by atoms with Gasteiger partial charge in [-0.1, -0.05) is 23.2 Å². The van der Waals surface area contributed by atoms with E-state index < -0.39 is 6.04 Å². The van der Waals surface area contributed by atoms with Crippen LogP contribution in [0, 0.1) is 11.3 Å². The van der Waals surface area contributed by atoms with E-state index in [0.717, 1.165) is 10.8 Å².